The molecule has 0 aromatic heterocycles. The van der Waals surface area contributed by atoms with Crippen LogP contribution in [0, 0.1) is 5.82 Å². The molecule has 0 saturated heterocycles. The molecule has 0 N–H and O–H groups in total. The average Bonchev–Trinajstić information content (AvgIpc) is 2.54. The van der Waals surface area contributed by atoms with Gasteiger partial charge < -0.3 is 14.2 Å². The first kappa shape index (κ1) is 15.8. The number of para-hydroxylation sites is 1. The van der Waals surface area contributed by atoms with E-state index in [-0.39, 0.29) is 12.2 Å². The van der Waals surface area contributed by atoms with Gasteiger partial charge in [0.15, 0.2) is 11.6 Å². The smallest absolute Gasteiger partial charge is 0.311 e. The van der Waals surface area contributed by atoms with Gasteiger partial charge in [0, 0.05) is 6.42 Å². The lowest BCUT2D eigenvalue weighted by Crippen LogP contribution is -2.10. The molecule has 0 atom stereocenters. The number of benzene rings is 2. The van der Waals surface area contributed by atoms with Crippen LogP contribution in [0.15, 0.2) is 48.5 Å². The molecule has 116 valence electrons. The van der Waals surface area contributed by atoms with Gasteiger partial charge >= 0.3 is 5.97 Å². The number of esters is 1. The minimum atomic E-state index is -0.551. The van der Waals surface area contributed by atoms with Gasteiger partial charge in [-0.05, 0) is 42.8 Å². The Kier molecular flexibility index (Phi) is 5.77. The lowest BCUT2D eigenvalue weighted by molar-refractivity contribution is -0.134. The molecule has 0 aliphatic heterocycles. The summed E-state index contributed by atoms with van der Waals surface area (Å²) >= 11 is 0. The molecular weight excluding hydrogens is 287 g/mol. The molecule has 0 aliphatic carbocycles. The second-order valence-electron chi connectivity index (χ2n) is 4.53. The van der Waals surface area contributed by atoms with Crippen molar-refractivity contribution in [3.63, 3.8) is 0 Å². The molecule has 0 unspecified atom stereocenters. The van der Waals surface area contributed by atoms with Crippen molar-refractivity contribution in [2.24, 2.45) is 0 Å². The van der Waals surface area contributed by atoms with Crippen LogP contribution in [0.25, 0.3) is 0 Å². The van der Waals surface area contributed by atoms with Crippen LogP contribution in [-0.2, 0) is 4.79 Å². The van der Waals surface area contributed by atoms with Crippen LogP contribution in [-0.4, -0.2) is 19.7 Å². The fourth-order valence-corrected chi connectivity index (χ4v) is 1.78. The van der Waals surface area contributed by atoms with E-state index in [0.717, 1.165) is 5.75 Å². The van der Waals surface area contributed by atoms with Gasteiger partial charge in [-0.25, -0.2) is 4.39 Å². The quantitative estimate of drug-likeness (QED) is 0.445. The number of carbonyl (C=O) groups is 1. The second kappa shape index (κ2) is 8.02. The topological polar surface area (TPSA) is 44.8 Å². The third kappa shape index (κ3) is 4.77. The molecule has 0 fully saturated rings. The third-order valence-corrected chi connectivity index (χ3v) is 2.91. The van der Waals surface area contributed by atoms with Gasteiger partial charge in [0.1, 0.15) is 11.5 Å². The minimum Gasteiger partial charge on any atom is -0.497 e. The molecule has 0 radical (unpaired) electrons. The Labute approximate surface area is 128 Å². The van der Waals surface area contributed by atoms with Crippen LogP contribution in [0.4, 0.5) is 4.39 Å². The van der Waals surface area contributed by atoms with Crippen molar-refractivity contribution >= 4 is 5.97 Å². The van der Waals surface area contributed by atoms with E-state index in [0.29, 0.717) is 18.8 Å². The predicted octanol–water partition coefficient (Wildman–Crippen LogP) is 3.60. The highest BCUT2D eigenvalue weighted by atomic mass is 19.1. The number of rotatable bonds is 7. The highest BCUT2D eigenvalue weighted by Gasteiger charge is 2.08. The summed E-state index contributed by atoms with van der Waals surface area (Å²) in [6, 6.07) is 13.0. The molecule has 0 bridgehead atoms. The maximum absolute atomic E-state index is 13.3. The molecule has 0 aliphatic rings. The van der Waals surface area contributed by atoms with E-state index < -0.39 is 11.8 Å². The van der Waals surface area contributed by atoms with Crippen molar-refractivity contribution in [1.29, 1.82) is 0 Å². The number of hydrogen-bond acceptors (Lipinski definition) is 4. The monoisotopic (exact) mass is 304 g/mol. The van der Waals surface area contributed by atoms with Crippen molar-refractivity contribution < 1.29 is 23.4 Å². The number of hydrogen-bond donors (Lipinski definition) is 0. The van der Waals surface area contributed by atoms with Gasteiger partial charge in [-0.1, -0.05) is 12.1 Å². The molecule has 22 heavy (non-hydrogen) atoms. The van der Waals surface area contributed by atoms with Crippen molar-refractivity contribution in [2.45, 2.75) is 12.8 Å². The zero-order valence-corrected chi connectivity index (χ0v) is 12.3. The zero-order valence-electron chi connectivity index (χ0n) is 12.3. The Morgan fingerprint density at radius 3 is 2.41 bits per heavy atom. The Morgan fingerprint density at radius 2 is 1.73 bits per heavy atom. The van der Waals surface area contributed by atoms with Crippen molar-refractivity contribution in [3.8, 4) is 17.2 Å². The van der Waals surface area contributed by atoms with Crippen molar-refractivity contribution in [1.82, 2.24) is 0 Å². The summed E-state index contributed by atoms with van der Waals surface area (Å²) < 4.78 is 28.8. The summed E-state index contributed by atoms with van der Waals surface area (Å²) in [6.45, 7) is 0.374. The summed E-state index contributed by atoms with van der Waals surface area (Å²) in [5, 5.41) is 0. The molecule has 2 aromatic rings. The first-order valence-corrected chi connectivity index (χ1v) is 6.91. The Bertz CT molecular complexity index is 610. The zero-order chi connectivity index (χ0) is 15.8. The van der Waals surface area contributed by atoms with E-state index in [9.17, 15) is 9.18 Å². The first-order chi connectivity index (χ1) is 10.7. The van der Waals surface area contributed by atoms with Crippen LogP contribution in [0.1, 0.15) is 12.8 Å². The third-order valence-electron chi connectivity index (χ3n) is 2.91. The van der Waals surface area contributed by atoms with Gasteiger partial charge in [-0.2, -0.15) is 0 Å². The SMILES string of the molecule is COc1ccc(OCCCC(=O)Oc2ccccc2F)cc1. The van der Waals surface area contributed by atoms with E-state index in [1.54, 1.807) is 37.4 Å². The summed E-state index contributed by atoms with van der Waals surface area (Å²) in [5.41, 5.74) is 0. The van der Waals surface area contributed by atoms with Crippen LogP contribution in [0.2, 0.25) is 0 Å². The molecule has 0 heterocycles. The molecule has 2 rings (SSSR count). The second-order valence-corrected chi connectivity index (χ2v) is 4.53. The van der Waals surface area contributed by atoms with Crippen LogP contribution in [0.5, 0.6) is 17.2 Å². The van der Waals surface area contributed by atoms with E-state index in [2.05, 4.69) is 0 Å². The van der Waals surface area contributed by atoms with E-state index in [4.69, 9.17) is 14.2 Å². The maximum Gasteiger partial charge on any atom is 0.311 e. The predicted molar refractivity (Wildman–Crippen MR) is 79.8 cm³/mol. The maximum atomic E-state index is 13.3. The Morgan fingerprint density at radius 1 is 1.05 bits per heavy atom. The minimum absolute atomic E-state index is 0.0522. The fourth-order valence-electron chi connectivity index (χ4n) is 1.78. The highest BCUT2D eigenvalue weighted by Crippen LogP contribution is 2.18. The number of halogens is 1. The lowest BCUT2D eigenvalue weighted by atomic mass is 10.3. The molecule has 0 amide bonds. The number of ether oxygens (including phenoxy) is 3. The summed E-state index contributed by atoms with van der Waals surface area (Å²) in [7, 11) is 1.59. The normalized spacial score (nSPS) is 10.1. The summed E-state index contributed by atoms with van der Waals surface area (Å²) in [4.78, 5) is 11.6. The van der Waals surface area contributed by atoms with E-state index in [1.165, 1.54) is 18.2 Å². The largest absolute Gasteiger partial charge is 0.497 e. The van der Waals surface area contributed by atoms with Gasteiger partial charge in [0.05, 0.1) is 13.7 Å². The fraction of sp³-hybridized carbons (Fsp3) is 0.235. The standard InChI is InChI=1S/C17H17FO4/c1-20-13-8-10-14(11-9-13)21-12-4-7-17(19)22-16-6-3-2-5-15(16)18/h2-3,5-6,8-11H,4,7,12H2,1H3. The van der Waals surface area contributed by atoms with Crippen LogP contribution in [0.3, 0.4) is 0 Å². The lowest BCUT2D eigenvalue weighted by Gasteiger charge is -2.07. The van der Waals surface area contributed by atoms with E-state index >= 15 is 0 Å². The number of carbonyl (C=O) groups excluding carboxylic acids is 1. The van der Waals surface area contributed by atoms with Gasteiger partial charge in [-0.15, -0.1) is 0 Å². The molecule has 5 heteroatoms. The van der Waals surface area contributed by atoms with Crippen LogP contribution < -0.4 is 14.2 Å². The van der Waals surface area contributed by atoms with Gasteiger partial charge in [0.25, 0.3) is 0 Å². The molecular formula is C17H17FO4. The molecule has 2 aromatic carbocycles. The van der Waals surface area contributed by atoms with Gasteiger partial charge in [0.2, 0.25) is 0 Å². The number of methoxy groups -OCH3 is 1. The Hall–Kier alpha value is -2.56. The van der Waals surface area contributed by atoms with Crippen molar-refractivity contribution in [3.05, 3.63) is 54.3 Å². The van der Waals surface area contributed by atoms with Crippen molar-refractivity contribution in [2.75, 3.05) is 13.7 Å². The van der Waals surface area contributed by atoms with Gasteiger partial charge in [-0.3, -0.25) is 4.79 Å². The average molecular weight is 304 g/mol. The molecule has 0 spiro atoms. The highest BCUT2D eigenvalue weighted by molar-refractivity contribution is 5.72. The molecule has 0 saturated carbocycles. The Balaban J connectivity index is 1.69. The summed E-state index contributed by atoms with van der Waals surface area (Å²) in [6.07, 6.45) is 0.643. The van der Waals surface area contributed by atoms with E-state index in [1.807, 2.05) is 0 Å². The first-order valence-electron chi connectivity index (χ1n) is 6.91. The molecule has 4 nitrogen and oxygen atoms in total. The summed E-state index contributed by atoms with van der Waals surface area (Å²) in [5.74, 6) is 0.362. The van der Waals surface area contributed by atoms with Crippen LogP contribution >= 0.6 is 0 Å².